The smallest absolute Gasteiger partial charge is 0.464 e. The van der Waals surface area contributed by atoms with Crippen LogP contribution in [0.1, 0.15) is 17.8 Å². The maximum atomic E-state index is 13.1. The molecule has 1 unspecified atom stereocenters. The van der Waals surface area contributed by atoms with Gasteiger partial charge in [0.1, 0.15) is 6.04 Å². The van der Waals surface area contributed by atoms with Crippen molar-refractivity contribution in [2.24, 2.45) is 0 Å². The van der Waals surface area contributed by atoms with Gasteiger partial charge in [-0.15, -0.1) is 13.2 Å². The molecule has 1 aliphatic heterocycles. The first-order valence-corrected chi connectivity index (χ1v) is 7.07. The number of aryl methyl sites for hydroxylation is 2. The van der Waals surface area contributed by atoms with Crippen LogP contribution in [0, 0.1) is 13.8 Å². The third-order valence-corrected chi connectivity index (χ3v) is 3.57. The minimum absolute atomic E-state index is 0.0943. The third kappa shape index (κ3) is 3.67. The zero-order valence-corrected chi connectivity index (χ0v) is 12.5. The van der Waals surface area contributed by atoms with Gasteiger partial charge in [0.2, 0.25) is 0 Å². The van der Waals surface area contributed by atoms with Crippen LogP contribution in [-0.2, 0) is 9.53 Å². The van der Waals surface area contributed by atoms with Crippen LogP contribution in [0.15, 0.2) is 11.2 Å². The third-order valence-electron chi connectivity index (χ3n) is 2.83. The summed E-state index contributed by atoms with van der Waals surface area (Å²) < 4.78 is 43.8. The van der Waals surface area contributed by atoms with Crippen molar-refractivity contribution in [1.29, 1.82) is 0 Å². The highest BCUT2D eigenvalue weighted by Gasteiger charge is 2.50. The number of thioether (sulfide) groups is 1. The highest BCUT2D eigenvalue weighted by atomic mass is 32.2. The molecule has 1 atom stereocenters. The Morgan fingerprint density at radius 2 is 1.95 bits per heavy atom. The van der Waals surface area contributed by atoms with Gasteiger partial charge in [-0.1, -0.05) is 0 Å². The Balaban J connectivity index is 2.24. The molecule has 6 nitrogen and oxygen atoms in total. The van der Waals surface area contributed by atoms with E-state index in [0.717, 1.165) is 0 Å². The van der Waals surface area contributed by atoms with Gasteiger partial charge in [-0.3, -0.25) is 4.79 Å². The molecule has 10 heteroatoms. The van der Waals surface area contributed by atoms with Crippen LogP contribution in [0.5, 0.6) is 0 Å². The molecule has 22 heavy (non-hydrogen) atoms. The van der Waals surface area contributed by atoms with E-state index in [4.69, 9.17) is 0 Å². The number of hydrogen-bond acceptors (Lipinski definition) is 6. The van der Waals surface area contributed by atoms with Crippen molar-refractivity contribution in [3.63, 3.8) is 0 Å². The van der Waals surface area contributed by atoms with E-state index in [9.17, 15) is 22.8 Å². The van der Waals surface area contributed by atoms with E-state index in [1.165, 1.54) is 0 Å². The number of halogens is 3. The molecule has 0 spiro atoms. The van der Waals surface area contributed by atoms with Crippen LogP contribution in [0.25, 0.3) is 0 Å². The Kier molecular flexibility index (Phi) is 4.59. The first-order chi connectivity index (χ1) is 10.2. The van der Waals surface area contributed by atoms with Crippen molar-refractivity contribution >= 4 is 23.0 Å². The Bertz CT molecular complexity index is 589. The second-order valence-corrected chi connectivity index (χ2v) is 5.53. The first kappa shape index (κ1) is 16.5. The molecule has 1 aliphatic rings. The molecular weight excluding hydrogens is 323 g/mol. The van der Waals surface area contributed by atoms with Crippen LogP contribution < -0.4 is 0 Å². The van der Waals surface area contributed by atoms with Gasteiger partial charge >= 0.3 is 12.3 Å². The van der Waals surface area contributed by atoms with Gasteiger partial charge in [-0.25, -0.2) is 19.7 Å². The number of ether oxygens (including phenoxy) is 1. The van der Waals surface area contributed by atoms with Crippen molar-refractivity contribution in [1.82, 2.24) is 14.9 Å². The summed E-state index contributed by atoms with van der Waals surface area (Å²) in [5.74, 6) is -1.06. The fourth-order valence-electron chi connectivity index (χ4n) is 1.99. The van der Waals surface area contributed by atoms with Crippen molar-refractivity contribution in [2.75, 3.05) is 6.61 Å². The Labute approximate surface area is 128 Å². The van der Waals surface area contributed by atoms with Gasteiger partial charge in [-0.05, 0) is 19.9 Å². The average Bonchev–Trinajstić information content (AvgIpc) is 2.72. The topological polar surface area (TPSA) is 72.4 Å². The molecule has 0 radical (unpaired) electrons. The van der Waals surface area contributed by atoms with Crippen LogP contribution in [0.4, 0.5) is 18.0 Å². The molecule has 1 saturated heterocycles. The van der Waals surface area contributed by atoms with Gasteiger partial charge < -0.3 is 4.74 Å². The van der Waals surface area contributed by atoms with Gasteiger partial charge in [-0.2, -0.15) is 0 Å². The lowest BCUT2D eigenvalue weighted by atomic mass is 10.2. The van der Waals surface area contributed by atoms with Crippen LogP contribution in [-0.4, -0.2) is 45.0 Å². The highest BCUT2D eigenvalue weighted by molar-refractivity contribution is 8.13. The molecular formula is C12H12F3N3O3S. The summed E-state index contributed by atoms with van der Waals surface area (Å²) in [6.07, 6.45) is -5.19. The van der Waals surface area contributed by atoms with Crippen LogP contribution in [0.2, 0.25) is 0 Å². The van der Waals surface area contributed by atoms with Gasteiger partial charge in [0.25, 0.3) is 5.24 Å². The molecule has 0 aliphatic carbocycles. The second-order valence-electron chi connectivity index (χ2n) is 4.61. The monoisotopic (exact) mass is 335 g/mol. The summed E-state index contributed by atoms with van der Waals surface area (Å²) in [4.78, 5) is 30.8. The van der Waals surface area contributed by atoms with Crippen molar-refractivity contribution in [3.8, 4) is 0 Å². The van der Waals surface area contributed by atoms with Gasteiger partial charge in [0.05, 0.1) is 6.61 Å². The van der Waals surface area contributed by atoms with E-state index in [-0.39, 0.29) is 29.9 Å². The van der Waals surface area contributed by atoms with Crippen LogP contribution >= 0.6 is 11.8 Å². The molecule has 1 fully saturated rings. The number of alkyl halides is 3. The van der Waals surface area contributed by atoms with Crippen molar-refractivity contribution in [2.45, 2.75) is 37.8 Å². The molecule has 0 saturated carbocycles. The maximum Gasteiger partial charge on any atom is 0.488 e. The fraction of sp³-hybridized carbons (Fsp3) is 0.500. The molecule has 1 amide bonds. The number of rotatable bonds is 2. The van der Waals surface area contributed by atoms with E-state index < -0.39 is 28.5 Å². The number of carbonyl (C=O) groups excluding carboxylic acids is 2. The first-order valence-electron chi connectivity index (χ1n) is 6.25. The van der Waals surface area contributed by atoms with E-state index >= 15 is 0 Å². The summed E-state index contributed by atoms with van der Waals surface area (Å²) in [7, 11) is 0. The zero-order chi connectivity index (χ0) is 16.5. The number of aromatic nitrogens is 2. The average molecular weight is 335 g/mol. The Hall–Kier alpha value is -1.84. The van der Waals surface area contributed by atoms with E-state index in [0.29, 0.717) is 11.4 Å². The number of amides is 1. The predicted octanol–water partition coefficient (Wildman–Crippen LogP) is 2.44. The number of nitrogens with zero attached hydrogens (tertiary/aromatic N) is 3. The molecule has 1 aromatic heterocycles. The summed E-state index contributed by atoms with van der Waals surface area (Å²) >= 11 is 0.233. The number of carbonyl (C=O) groups is 2. The molecule has 2 heterocycles. The quantitative estimate of drug-likeness (QED) is 0.358. The summed E-state index contributed by atoms with van der Waals surface area (Å²) in [5.41, 5.74) is 1.06. The lowest BCUT2D eigenvalue weighted by molar-refractivity contribution is -0.231. The van der Waals surface area contributed by atoms with Crippen molar-refractivity contribution < 1.29 is 27.5 Å². The highest BCUT2D eigenvalue weighted by Crippen LogP contribution is 2.33. The maximum absolute atomic E-state index is 13.1. The zero-order valence-electron chi connectivity index (χ0n) is 11.7. The largest absolute Gasteiger partial charge is 0.488 e. The minimum atomic E-state index is -4.99. The van der Waals surface area contributed by atoms with Crippen molar-refractivity contribution in [3.05, 3.63) is 17.5 Å². The Morgan fingerprint density at radius 3 is 2.41 bits per heavy atom. The van der Waals surface area contributed by atoms with Gasteiger partial charge in [0.15, 0.2) is 5.16 Å². The second kappa shape index (κ2) is 6.11. The summed E-state index contributed by atoms with van der Waals surface area (Å²) in [6, 6.07) is -0.0318. The van der Waals surface area contributed by atoms with Crippen LogP contribution in [0.3, 0.4) is 0 Å². The van der Waals surface area contributed by atoms with E-state index in [1.807, 2.05) is 0 Å². The van der Waals surface area contributed by atoms with E-state index in [1.54, 1.807) is 19.9 Å². The minimum Gasteiger partial charge on any atom is -0.464 e. The Morgan fingerprint density at radius 1 is 1.36 bits per heavy atom. The standard InChI is InChI=1S/C12H12F3N3O3S/c1-6-5-7(2)17-10(16-6)22-11(20)18(12(13,14)15)8-3-4-21-9(8)19/h5,8H,3-4H2,1-2H3. The number of esters is 1. The summed E-state index contributed by atoms with van der Waals surface area (Å²) in [5, 5.41) is -1.45. The lowest BCUT2D eigenvalue weighted by Crippen LogP contribution is -2.49. The predicted molar refractivity (Wildman–Crippen MR) is 70.0 cm³/mol. The normalized spacial score (nSPS) is 18.2. The molecule has 0 bridgehead atoms. The lowest BCUT2D eigenvalue weighted by Gasteiger charge is -2.27. The SMILES string of the molecule is Cc1cc(C)nc(SC(=O)N(C2CCOC2=O)C(F)(F)F)n1. The number of hydrogen-bond donors (Lipinski definition) is 0. The van der Waals surface area contributed by atoms with E-state index in [2.05, 4.69) is 14.7 Å². The number of cyclic esters (lactones) is 1. The molecule has 0 N–H and O–H groups in total. The molecule has 0 aromatic carbocycles. The van der Waals surface area contributed by atoms with Gasteiger partial charge in [0, 0.05) is 29.6 Å². The fourth-order valence-corrected chi connectivity index (χ4v) is 2.86. The summed E-state index contributed by atoms with van der Waals surface area (Å²) in [6.45, 7) is 3.13. The molecule has 1 aromatic rings. The molecule has 2 rings (SSSR count). The molecule has 120 valence electrons.